The van der Waals surface area contributed by atoms with Gasteiger partial charge in [-0.15, -0.1) is 17.8 Å². The van der Waals surface area contributed by atoms with Gasteiger partial charge in [-0.1, -0.05) is 38.3 Å². The van der Waals surface area contributed by atoms with Crippen molar-refractivity contribution < 1.29 is 9.47 Å². The number of rotatable bonds is 5. The number of terminal acetylenes is 1. The zero-order valence-corrected chi connectivity index (χ0v) is 19.3. The van der Waals surface area contributed by atoms with E-state index in [4.69, 9.17) is 27.5 Å². The first kappa shape index (κ1) is 22.2. The Balaban J connectivity index is 1.90. The summed E-state index contributed by atoms with van der Waals surface area (Å²) in [5.74, 6) is 3.92. The molecule has 2 aromatic rings. The summed E-state index contributed by atoms with van der Waals surface area (Å²) in [6, 6.07) is 5.90. The van der Waals surface area contributed by atoms with Crippen LogP contribution >= 0.6 is 22.9 Å². The summed E-state index contributed by atoms with van der Waals surface area (Å²) in [6.45, 7) is 6.96. The first-order chi connectivity index (χ1) is 14.3. The number of fused-ring (bicyclic) bond motifs is 1. The molecule has 3 rings (SSSR count). The van der Waals surface area contributed by atoms with Crippen molar-refractivity contribution in [1.29, 1.82) is 5.26 Å². The fraction of sp³-hybridized carbons (Fsp3) is 0.417. The van der Waals surface area contributed by atoms with Crippen molar-refractivity contribution in [1.82, 2.24) is 0 Å². The lowest BCUT2D eigenvalue weighted by Gasteiger charge is -2.33. The highest BCUT2D eigenvalue weighted by molar-refractivity contribution is 7.16. The molecule has 1 aromatic carbocycles. The normalized spacial score (nSPS) is 16.0. The summed E-state index contributed by atoms with van der Waals surface area (Å²) >= 11 is 7.97. The average molecular weight is 441 g/mol. The van der Waals surface area contributed by atoms with Crippen LogP contribution in [0.1, 0.15) is 48.8 Å². The van der Waals surface area contributed by atoms with Crippen molar-refractivity contribution in [2.24, 2.45) is 16.3 Å². The highest BCUT2D eigenvalue weighted by Gasteiger charge is 2.32. The van der Waals surface area contributed by atoms with Crippen LogP contribution < -0.4 is 9.47 Å². The van der Waals surface area contributed by atoms with Gasteiger partial charge in [0.2, 0.25) is 0 Å². The predicted octanol–water partition coefficient (Wildman–Crippen LogP) is 6.20. The quantitative estimate of drug-likeness (QED) is 0.411. The van der Waals surface area contributed by atoms with Crippen LogP contribution in [0.25, 0.3) is 0 Å². The number of hydrogen-bond acceptors (Lipinski definition) is 5. The van der Waals surface area contributed by atoms with E-state index in [1.54, 1.807) is 36.8 Å². The number of methoxy groups -OCH3 is 1. The van der Waals surface area contributed by atoms with Crippen LogP contribution in [0.4, 0.5) is 5.00 Å². The second kappa shape index (κ2) is 9.13. The zero-order chi connectivity index (χ0) is 21.9. The molecule has 1 aromatic heterocycles. The van der Waals surface area contributed by atoms with Gasteiger partial charge in [0.25, 0.3) is 0 Å². The smallest absolute Gasteiger partial charge is 0.181 e. The standard InChI is InChI=1S/C24H25ClN2O2S/c1-6-9-29-22-19(25)10-15(11-20(22)28-5)14-27-23-18(13-26)17-8-7-16(24(2,3)4)12-21(17)30-23/h1,10-11,14,16H,7-9,12H2,2-5H3/t16-/m0/s1. The van der Waals surface area contributed by atoms with E-state index in [0.29, 0.717) is 28.0 Å². The van der Waals surface area contributed by atoms with Crippen LogP contribution in [-0.2, 0) is 12.8 Å². The summed E-state index contributed by atoms with van der Waals surface area (Å²) in [5.41, 5.74) is 2.89. The minimum Gasteiger partial charge on any atom is -0.493 e. The average Bonchev–Trinajstić information content (AvgIpc) is 3.07. The molecular weight excluding hydrogens is 416 g/mol. The van der Waals surface area contributed by atoms with Gasteiger partial charge in [-0.05, 0) is 53.9 Å². The fourth-order valence-electron chi connectivity index (χ4n) is 3.72. The number of ether oxygens (including phenoxy) is 2. The molecule has 156 valence electrons. The summed E-state index contributed by atoms with van der Waals surface area (Å²) in [6.07, 6.45) is 10.0. The van der Waals surface area contributed by atoms with Crippen LogP contribution in [0.3, 0.4) is 0 Å². The summed E-state index contributed by atoms with van der Waals surface area (Å²) in [5, 5.41) is 10.9. The van der Waals surface area contributed by atoms with Crippen molar-refractivity contribution >= 4 is 34.2 Å². The van der Waals surface area contributed by atoms with Gasteiger partial charge in [0.15, 0.2) is 11.5 Å². The van der Waals surface area contributed by atoms with Crippen molar-refractivity contribution in [2.45, 2.75) is 40.0 Å². The van der Waals surface area contributed by atoms with Gasteiger partial charge in [-0.3, -0.25) is 0 Å². The number of nitriles is 1. The van der Waals surface area contributed by atoms with Gasteiger partial charge in [0.1, 0.15) is 17.7 Å². The molecule has 0 fully saturated rings. The minimum atomic E-state index is 0.103. The maximum Gasteiger partial charge on any atom is 0.181 e. The second-order valence-corrected chi connectivity index (χ2v) is 9.88. The van der Waals surface area contributed by atoms with E-state index < -0.39 is 0 Å². The van der Waals surface area contributed by atoms with Crippen molar-refractivity contribution in [3.63, 3.8) is 0 Å². The van der Waals surface area contributed by atoms with E-state index in [-0.39, 0.29) is 12.0 Å². The molecule has 1 heterocycles. The maximum absolute atomic E-state index is 9.74. The molecule has 1 atom stereocenters. The third-order valence-electron chi connectivity index (χ3n) is 5.47. The Morgan fingerprint density at radius 3 is 2.80 bits per heavy atom. The third-order valence-corrected chi connectivity index (χ3v) is 6.91. The first-order valence-corrected chi connectivity index (χ1v) is 11.0. The zero-order valence-electron chi connectivity index (χ0n) is 17.7. The van der Waals surface area contributed by atoms with Gasteiger partial charge in [0.05, 0.1) is 17.7 Å². The predicted molar refractivity (Wildman–Crippen MR) is 124 cm³/mol. The minimum absolute atomic E-state index is 0.103. The largest absolute Gasteiger partial charge is 0.493 e. The molecule has 30 heavy (non-hydrogen) atoms. The maximum atomic E-state index is 9.74. The lowest BCUT2D eigenvalue weighted by Crippen LogP contribution is -2.26. The third kappa shape index (κ3) is 4.64. The van der Waals surface area contributed by atoms with Crippen LogP contribution in [0, 0.1) is 35.0 Å². The Hall–Kier alpha value is -2.47. The molecule has 0 saturated heterocycles. The Labute approximate surface area is 187 Å². The van der Waals surface area contributed by atoms with Gasteiger partial charge in [-0.25, -0.2) is 4.99 Å². The number of thiophene rings is 1. The number of aliphatic imine (C=N–C) groups is 1. The van der Waals surface area contributed by atoms with E-state index in [9.17, 15) is 5.26 Å². The summed E-state index contributed by atoms with van der Waals surface area (Å²) < 4.78 is 10.9. The van der Waals surface area contributed by atoms with E-state index in [1.807, 2.05) is 0 Å². The van der Waals surface area contributed by atoms with Crippen LogP contribution in [0.15, 0.2) is 17.1 Å². The number of nitrogens with zero attached hydrogens (tertiary/aromatic N) is 2. The second-order valence-electron chi connectivity index (χ2n) is 8.39. The van der Waals surface area contributed by atoms with Crippen molar-refractivity contribution in [3.8, 4) is 29.9 Å². The molecule has 0 saturated carbocycles. The molecule has 0 spiro atoms. The fourth-order valence-corrected chi connectivity index (χ4v) is 5.21. The molecule has 0 radical (unpaired) electrons. The lowest BCUT2D eigenvalue weighted by atomic mass is 9.72. The van der Waals surface area contributed by atoms with Gasteiger partial charge < -0.3 is 9.47 Å². The van der Waals surface area contributed by atoms with Gasteiger partial charge in [0, 0.05) is 11.1 Å². The van der Waals surface area contributed by atoms with E-state index in [0.717, 1.165) is 29.8 Å². The Morgan fingerprint density at radius 1 is 1.40 bits per heavy atom. The monoisotopic (exact) mass is 440 g/mol. The van der Waals surface area contributed by atoms with Crippen molar-refractivity contribution in [2.75, 3.05) is 13.7 Å². The van der Waals surface area contributed by atoms with Gasteiger partial charge >= 0.3 is 0 Å². The topological polar surface area (TPSA) is 54.6 Å². The SMILES string of the molecule is C#CCOc1c(Cl)cc(C=Nc2sc3c(c2C#N)CC[C@H](C(C)(C)C)C3)cc1OC. The molecule has 1 aliphatic rings. The molecular formula is C24H25ClN2O2S. The summed E-state index contributed by atoms with van der Waals surface area (Å²) in [7, 11) is 1.54. The molecule has 0 unspecified atom stereocenters. The highest BCUT2D eigenvalue weighted by atomic mass is 35.5. The van der Waals surface area contributed by atoms with E-state index in [1.165, 1.54) is 10.4 Å². The van der Waals surface area contributed by atoms with Crippen LogP contribution in [0.5, 0.6) is 11.5 Å². The molecule has 1 aliphatic carbocycles. The van der Waals surface area contributed by atoms with Gasteiger partial charge in [-0.2, -0.15) is 5.26 Å². The van der Waals surface area contributed by atoms with Crippen LogP contribution in [0.2, 0.25) is 5.02 Å². The molecule has 6 heteroatoms. The Kier molecular flexibility index (Phi) is 6.76. The first-order valence-electron chi connectivity index (χ1n) is 9.81. The van der Waals surface area contributed by atoms with E-state index in [2.05, 4.69) is 37.8 Å². The molecule has 0 bridgehead atoms. The van der Waals surface area contributed by atoms with Crippen molar-refractivity contribution in [3.05, 3.63) is 38.7 Å². The lowest BCUT2D eigenvalue weighted by molar-refractivity contribution is 0.218. The summed E-state index contributed by atoms with van der Waals surface area (Å²) in [4.78, 5) is 5.92. The number of hydrogen-bond donors (Lipinski definition) is 0. The highest BCUT2D eigenvalue weighted by Crippen LogP contribution is 2.45. The number of halogens is 1. The Bertz CT molecular complexity index is 1050. The molecule has 4 nitrogen and oxygen atoms in total. The van der Waals surface area contributed by atoms with E-state index >= 15 is 0 Å². The molecule has 0 amide bonds. The Morgan fingerprint density at radius 2 is 2.17 bits per heavy atom. The van der Waals surface area contributed by atoms with Crippen LogP contribution in [-0.4, -0.2) is 19.9 Å². The molecule has 0 N–H and O–H groups in total. The molecule has 0 aliphatic heterocycles. The number of benzene rings is 1.